The molecule has 0 amide bonds. The van der Waals surface area contributed by atoms with E-state index >= 15 is 0 Å². The van der Waals surface area contributed by atoms with Crippen LogP contribution in [0.1, 0.15) is 51.3 Å². The van der Waals surface area contributed by atoms with E-state index in [1.165, 1.54) is 12.8 Å². The number of ether oxygens (including phenoxy) is 1. The van der Waals surface area contributed by atoms with Crippen molar-refractivity contribution in [3.63, 3.8) is 0 Å². The van der Waals surface area contributed by atoms with E-state index in [2.05, 4.69) is 5.10 Å². The van der Waals surface area contributed by atoms with Gasteiger partial charge in [0.25, 0.3) is 0 Å². The Balaban J connectivity index is 2.33. The molecule has 0 radical (unpaired) electrons. The topological polar surface area (TPSA) is 53.1 Å². The molecule has 0 bridgehead atoms. The Bertz CT molecular complexity index is 399. The van der Waals surface area contributed by atoms with Crippen LogP contribution in [0.25, 0.3) is 0 Å². The lowest BCUT2D eigenvalue weighted by molar-refractivity contribution is -0.0553. The smallest absolute Gasteiger partial charge is 0.0889 e. The fourth-order valence-corrected chi connectivity index (χ4v) is 3.25. The highest BCUT2D eigenvalue weighted by atomic mass is 35.5. The first-order chi connectivity index (χ1) is 8.64. The van der Waals surface area contributed by atoms with Gasteiger partial charge in [0, 0.05) is 13.2 Å². The van der Waals surface area contributed by atoms with E-state index in [0.717, 1.165) is 25.1 Å². The third-order valence-electron chi connectivity index (χ3n) is 3.88. The molecule has 2 rings (SSSR count). The van der Waals surface area contributed by atoms with Crippen LogP contribution in [-0.4, -0.2) is 22.0 Å². The molecule has 5 heteroatoms. The van der Waals surface area contributed by atoms with Crippen molar-refractivity contribution in [2.24, 2.45) is 5.73 Å². The van der Waals surface area contributed by atoms with Crippen molar-refractivity contribution in [1.82, 2.24) is 9.78 Å². The van der Waals surface area contributed by atoms with Crippen molar-refractivity contribution < 1.29 is 4.74 Å². The summed E-state index contributed by atoms with van der Waals surface area (Å²) in [5.74, 6) is 0. The minimum Gasteiger partial charge on any atom is -0.373 e. The van der Waals surface area contributed by atoms with Crippen molar-refractivity contribution in [3.8, 4) is 0 Å². The molecular formula is C13H22ClN3O. The molecular weight excluding hydrogens is 250 g/mol. The Labute approximate surface area is 113 Å². The largest absolute Gasteiger partial charge is 0.373 e. The Morgan fingerprint density at radius 1 is 1.50 bits per heavy atom. The molecule has 1 heterocycles. The number of hydrogen-bond donors (Lipinski definition) is 1. The molecule has 4 nitrogen and oxygen atoms in total. The van der Waals surface area contributed by atoms with Gasteiger partial charge in [0.05, 0.1) is 28.6 Å². The fraction of sp³-hybridized carbons (Fsp3) is 0.769. The molecule has 1 fully saturated rings. The average molecular weight is 272 g/mol. The maximum absolute atomic E-state index is 6.47. The molecule has 0 aliphatic heterocycles. The highest BCUT2D eigenvalue weighted by Crippen LogP contribution is 2.43. The highest BCUT2D eigenvalue weighted by Gasteiger charge is 2.43. The Morgan fingerprint density at radius 3 is 2.72 bits per heavy atom. The van der Waals surface area contributed by atoms with Crippen LogP contribution < -0.4 is 5.73 Å². The number of aryl methyl sites for hydroxylation is 1. The predicted molar refractivity (Wildman–Crippen MR) is 72.7 cm³/mol. The summed E-state index contributed by atoms with van der Waals surface area (Å²) < 4.78 is 7.89. The van der Waals surface area contributed by atoms with Crippen LogP contribution in [0.15, 0.2) is 6.20 Å². The van der Waals surface area contributed by atoms with E-state index in [4.69, 9.17) is 22.1 Å². The summed E-state index contributed by atoms with van der Waals surface area (Å²) in [7, 11) is 0. The van der Waals surface area contributed by atoms with Gasteiger partial charge in [-0.3, -0.25) is 4.68 Å². The standard InChI is InChI=1S/C13H22ClN3O/c1-3-17-11(10(14)9-16-17)12(15)13(18-4-2)7-5-6-8-13/h9,12H,3-8,15H2,1-2H3. The Hall–Kier alpha value is -0.580. The first kappa shape index (κ1) is 13.8. The molecule has 0 spiro atoms. The second-order valence-corrected chi connectivity index (χ2v) is 5.28. The van der Waals surface area contributed by atoms with Crippen molar-refractivity contribution in [3.05, 3.63) is 16.9 Å². The number of hydrogen-bond acceptors (Lipinski definition) is 3. The normalized spacial score (nSPS) is 20.2. The lowest BCUT2D eigenvalue weighted by Gasteiger charge is -2.35. The van der Waals surface area contributed by atoms with E-state index in [1.54, 1.807) is 6.20 Å². The molecule has 1 aromatic heterocycles. The maximum atomic E-state index is 6.47. The van der Waals surface area contributed by atoms with Gasteiger partial charge in [0.15, 0.2) is 0 Å². The van der Waals surface area contributed by atoms with E-state index in [-0.39, 0.29) is 11.6 Å². The van der Waals surface area contributed by atoms with Crippen LogP contribution >= 0.6 is 11.6 Å². The molecule has 0 aromatic carbocycles. The van der Waals surface area contributed by atoms with Crippen molar-refractivity contribution in [1.29, 1.82) is 0 Å². The molecule has 1 atom stereocenters. The van der Waals surface area contributed by atoms with Gasteiger partial charge in [-0.2, -0.15) is 5.10 Å². The van der Waals surface area contributed by atoms with Crippen LogP contribution in [0.4, 0.5) is 0 Å². The van der Waals surface area contributed by atoms with E-state index in [0.29, 0.717) is 11.6 Å². The monoisotopic (exact) mass is 271 g/mol. The van der Waals surface area contributed by atoms with Gasteiger partial charge in [-0.15, -0.1) is 0 Å². The zero-order chi connectivity index (χ0) is 13.2. The first-order valence-electron chi connectivity index (χ1n) is 6.75. The minimum atomic E-state index is -0.259. The maximum Gasteiger partial charge on any atom is 0.0889 e. The molecule has 0 saturated heterocycles. The number of nitrogens with zero attached hydrogens (tertiary/aromatic N) is 2. The average Bonchev–Trinajstić information content (AvgIpc) is 2.96. The van der Waals surface area contributed by atoms with Crippen LogP contribution in [0, 0.1) is 0 Å². The number of halogens is 1. The lowest BCUT2D eigenvalue weighted by Crippen LogP contribution is -2.42. The molecule has 1 aliphatic rings. The molecule has 1 aliphatic carbocycles. The van der Waals surface area contributed by atoms with E-state index in [1.807, 2.05) is 18.5 Å². The fourth-order valence-electron chi connectivity index (χ4n) is 2.99. The van der Waals surface area contributed by atoms with Gasteiger partial charge in [-0.25, -0.2) is 0 Å². The third kappa shape index (κ3) is 2.29. The summed E-state index contributed by atoms with van der Waals surface area (Å²) in [6.07, 6.45) is 6.03. The van der Waals surface area contributed by atoms with Crippen LogP contribution in [0.3, 0.4) is 0 Å². The SMILES string of the molecule is CCOC1(C(N)c2c(Cl)cnn2CC)CCCC1. The Kier molecular flexibility index (Phi) is 4.30. The van der Waals surface area contributed by atoms with Gasteiger partial charge >= 0.3 is 0 Å². The highest BCUT2D eigenvalue weighted by molar-refractivity contribution is 6.31. The third-order valence-corrected chi connectivity index (χ3v) is 4.17. The lowest BCUT2D eigenvalue weighted by atomic mass is 9.90. The molecule has 1 unspecified atom stereocenters. The zero-order valence-electron chi connectivity index (χ0n) is 11.2. The van der Waals surface area contributed by atoms with Crippen molar-refractivity contribution in [2.75, 3.05) is 6.61 Å². The van der Waals surface area contributed by atoms with Gasteiger partial charge < -0.3 is 10.5 Å². The predicted octanol–water partition coefficient (Wildman–Crippen LogP) is 2.91. The first-order valence-corrected chi connectivity index (χ1v) is 7.13. The van der Waals surface area contributed by atoms with Gasteiger partial charge in [0.2, 0.25) is 0 Å². The molecule has 1 saturated carbocycles. The molecule has 18 heavy (non-hydrogen) atoms. The van der Waals surface area contributed by atoms with E-state index < -0.39 is 0 Å². The second kappa shape index (κ2) is 5.59. The van der Waals surface area contributed by atoms with Gasteiger partial charge in [0.1, 0.15) is 0 Å². The molecule has 1 aromatic rings. The molecule has 102 valence electrons. The second-order valence-electron chi connectivity index (χ2n) is 4.88. The summed E-state index contributed by atoms with van der Waals surface area (Å²) in [6, 6.07) is -0.199. The zero-order valence-corrected chi connectivity index (χ0v) is 11.9. The summed E-state index contributed by atoms with van der Waals surface area (Å²) in [5.41, 5.74) is 7.13. The van der Waals surface area contributed by atoms with Gasteiger partial charge in [-0.05, 0) is 26.7 Å². The van der Waals surface area contributed by atoms with Crippen LogP contribution in [0.2, 0.25) is 5.02 Å². The van der Waals surface area contributed by atoms with Gasteiger partial charge in [-0.1, -0.05) is 24.4 Å². The van der Waals surface area contributed by atoms with Crippen molar-refractivity contribution in [2.45, 2.75) is 57.7 Å². The number of aromatic nitrogens is 2. The quantitative estimate of drug-likeness (QED) is 0.896. The minimum absolute atomic E-state index is 0.199. The molecule has 2 N–H and O–H groups in total. The number of rotatable bonds is 5. The summed E-state index contributed by atoms with van der Waals surface area (Å²) in [6.45, 7) is 5.52. The summed E-state index contributed by atoms with van der Waals surface area (Å²) in [5, 5.41) is 4.92. The Morgan fingerprint density at radius 2 is 2.17 bits per heavy atom. The van der Waals surface area contributed by atoms with Crippen molar-refractivity contribution >= 4 is 11.6 Å². The van der Waals surface area contributed by atoms with E-state index in [9.17, 15) is 0 Å². The summed E-state index contributed by atoms with van der Waals surface area (Å²) in [4.78, 5) is 0. The van der Waals surface area contributed by atoms with Crippen LogP contribution in [0.5, 0.6) is 0 Å². The van der Waals surface area contributed by atoms with Crippen LogP contribution in [-0.2, 0) is 11.3 Å². The summed E-state index contributed by atoms with van der Waals surface area (Å²) >= 11 is 6.24. The number of nitrogens with two attached hydrogens (primary N) is 1.